The molecule has 0 fully saturated rings. The number of aryl methyl sites for hydroxylation is 1. The molecule has 3 N–H and O–H groups in total. The molecular formula is C19H22F3N3O. The molecule has 0 aliphatic carbocycles. The summed E-state index contributed by atoms with van der Waals surface area (Å²) < 4.78 is 42.6. The summed E-state index contributed by atoms with van der Waals surface area (Å²) in [6.07, 6.45) is -1.96. The van der Waals surface area contributed by atoms with Gasteiger partial charge in [-0.3, -0.25) is 4.99 Å². The van der Waals surface area contributed by atoms with E-state index in [1.807, 2.05) is 24.3 Å². The van der Waals surface area contributed by atoms with Gasteiger partial charge in [-0.25, -0.2) is 0 Å². The van der Waals surface area contributed by atoms with Gasteiger partial charge in [0, 0.05) is 12.2 Å². The SMILES string of the molecule is COc1ccc(NC(N)=NCCCCc2ccc(C(F)(F)F)cc2)cc1. The summed E-state index contributed by atoms with van der Waals surface area (Å²) in [5, 5.41) is 2.99. The summed E-state index contributed by atoms with van der Waals surface area (Å²) in [6, 6.07) is 12.6. The van der Waals surface area contributed by atoms with E-state index < -0.39 is 11.7 Å². The minimum atomic E-state index is -4.29. The van der Waals surface area contributed by atoms with E-state index in [9.17, 15) is 13.2 Å². The van der Waals surface area contributed by atoms with E-state index in [0.29, 0.717) is 18.9 Å². The van der Waals surface area contributed by atoms with Gasteiger partial charge in [-0.05, 0) is 61.2 Å². The van der Waals surface area contributed by atoms with Gasteiger partial charge in [-0.15, -0.1) is 0 Å². The highest BCUT2D eigenvalue weighted by Gasteiger charge is 2.29. The molecular weight excluding hydrogens is 343 g/mol. The summed E-state index contributed by atoms with van der Waals surface area (Å²) in [5.41, 5.74) is 6.90. The number of guanidine groups is 1. The Hall–Kier alpha value is -2.70. The quantitative estimate of drug-likeness (QED) is 0.433. The van der Waals surface area contributed by atoms with E-state index in [1.54, 1.807) is 7.11 Å². The van der Waals surface area contributed by atoms with Gasteiger partial charge in [-0.2, -0.15) is 13.2 Å². The predicted octanol–water partition coefficient (Wildman–Crippen LogP) is 4.46. The van der Waals surface area contributed by atoms with Crippen molar-refractivity contribution >= 4 is 11.6 Å². The van der Waals surface area contributed by atoms with Crippen molar-refractivity contribution in [2.24, 2.45) is 10.7 Å². The van der Waals surface area contributed by atoms with Crippen LogP contribution in [0.3, 0.4) is 0 Å². The Bertz CT molecular complexity index is 710. The molecule has 0 amide bonds. The van der Waals surface area contributed by atoms with Crippen molar-refractivity contribution in [3.05, 3.63) is 59.7 Å². The molecule has 26 heavy (non-hydrogen) atoms. The van der Waals surface area contributed by atoms with E-state index in [1.165, 1.54) is 12.1 Å². The Morgan fingerprint density at radius 1 is 1.04 bits per heavy atom. The van der Waals surface area contributed by atoms with Gasteiger partial charge < -0.3 is 15.8 Å². The number of hydrogen-bond acceptors (Lipinski definition) is 2. The average Bonchev–Trinajstić information content (AvgIpc) is 2.62. The number of halogens is 3. The van der Waals surface area contributed by atoms with Crippen LogP contribution in [0, 0.1) is 0 Å². The number of nitrogens with one attached hydrogen (secondary N) is 1. The smallest absolute Gasteiger partial charge is 0.416 e. The van der Waals surface area contributed by atoms with Crippen molar-refractivity contribution in [1.82, 2.24) is 0 Å². The predicted molar refractivity (Wildman–Crippen MR) is 97.5 cm³/mol. The van der Waals surface area contributed by atoms with E-state index >= 15 is 0 Å². The molecule has 0 spiro atoms. The highest BCUT2D eigenvalue weighted by molar-refractivity contribution is 5.92. The molecule has 2 aromatic carbocycles. The maximum atomic E-state index is 12.5. The van der Waals surface area contributed by atoms with E-state index in [2.05, 4.69) is 10.3 Å². The molecule has 0 atom stereocenters. The fourth-order valence-corrected chi connectivity index (χ4v) is 2.36. The number of aliphatic imine (C=N–C) groups is 1. The number of rotatable bonds is 7. The lowest BCUT2D eigenvalue weighted by Crippen LogP contribution is -2.22. The van der Waals surface area contributed by atoms with Crippen LogP contribution < -0.4 is 15.8 Å². The van der Waals surface area contributed by atoms with Crippen molar-refractivity contribution in [3.8, 4) is 5.75 Å². The molecule has 0 radical (unpaired) electrons. The number of benzene rings is 2. The molecule has 0 heterocycles. The average molecular weight is 365 g/mol. The first-order chi connectivity index (χ1) is 12.4. The molecule has 0 aromatic heterocycles. The van der Waals surface area contributed by atoms with Crippen molar-refractivity contribution in [2.75, 3.05) is 19.0 Å². The molecule has 140 valence electrons. The minimum absolute atomic E-state index is 0.324. The van der Waals surface area contributed by atoms with Gasteiger partial charge in [-0.1, -0.05) is 12.1 Å². The van der Waals surface area contributed by atoms with Crippen molar-refractivity contribution in [2.45, 2.75) is 25.4 Å². The molecule has 2 rings (SSSR count). The number of ether oxygens (including phenoxy) is 1. The Morgan fingerprint density at radius 3 is 2.27 bits per heavy atom. The van der Waals surface area contributed by atoms with Crippen LogP contribution in [0.5, 0.6) is 5.75 Å². The van der Waals surface area contributed by atoms with Crippen LogP contribution >= 0.6 is 0 Å². The number of alkyl halides is 3. The van der Waals surface area contributed by atoms with E-state index in [4.69, 9.17) is 10.5 Å². The Labute approximate surface area is 150 Å². The monoisotopic (exact) mass is 365 g/mol. The third-order valence-corrected chi connectivity index (χ3v) is 3.80. The zero-order valence-electron chi connectivity index (χ0n) is 14.5. The van der Waals surface area contributed by atoms with Crippen LogP contribution in [0.15, 0.2) is 53.5 Å². The van der Waals surface area contributed by atoms with Gasteiger partial charge >= 0.3 is 6.18 Å². The van der Waals surface area contributed by atoms with Crippen LogP contribution in [0.4, 0.5) is 18.9 Å². The number of methoxy groups -OCH3 is 1. The molecule has 0 bridgehead atoms. The molecule has 0 saturated carbocycles. The normalized spacial score (nSPS) is 12.1. The topological polar surface area (TPSA) is 59.6 Å². The molecule has 0 aliphatic heterocycles. The molecule has 7 heteroatoms. The van der Waals surface area contributed by atoms with Crippen LogP contribution in [-0.4, -0.2) is 19.6 Å². The first kappa shape index (κ1) is 19.6. The maximum absolute atomic E-state index is 12.5. The van der Waals surface area contributed by atoms with Gasteiger partial charge in [0.1, 0.15) is 5.75 Å². The van der Waals surface area contributed by atoms with Gasteiger partial charge in [0.25, 0.3) is 0 Å². The Kier molecular flexibility index (Phi) is 6.89. The summed E-state index contributed by atoms with van der Waals surface area (Å²) in [5.74, 6) is 1.08. The number of anilines is 1. The second kappa shape index (κ2) is 9.12. The van der Waals surface area contributed by atoms with Crippen LogP contribution in [0.25, 0.3) is 0 Å². The van der Waals surface area contributed by atoms with Crippen molar-refractivity contribution in [1.29, 1.82) is 0 Å². The van der Waals surface area contributed by atoms with E-state index in [0.717, 1.165) is 42.0 Å². The molecule has 0 aliphatic rings. The Balaban J connectivity index is 1.71. The largest absolute Gasteiger partial charge is 0.497 e. The highest BCUT2D eigenvalue weighted by atomic mass is 19.4. The lowest BCUT2D eigenvalue weighted by molar-refractivity contribution is -0.137. The number of nitrogens with zero attached hydrogens (tertiary/aromatic N) is 1. The molecule has 0 unspecified atom stereocenters. The summed E-state index contributed by atoms with van der Waals surface area (Å²) in [4.78, 5) is 4.24. The van der Waals surface area contributed by atoms with Crippen molar-refractivity contribution in [3.63, 3.8) is 0 Å². The zero-order chi connectivity index (χ0) is 19.0. The Morgan fingerprint density at radius 2 is 1.69 bits per heavy atom. The van der Waals surface area contributed by atoms with Crippen LogP contribution in [-0.2, 0) is 12.6 Å². The zero-order valence-corrected chi connectivity index (χ0v) is 14.5. The highest BCUT2D eigenvalue weighted by Crippen LogP contribution is 2.29. The van der Waals surface area contributed by atoms with Gasteiger partial charge in [0.05, 0.1) is 12.7 Å². The summed E-state index contributed by atoms with van der Waals surface area (Å²) >= 11 is 0. The molecule has 4 nitrogen and oxygen atoms in total. The maximum Gasteiger partial charge on any atom is 0.416 e. The fraction of sp³-hybridized carbons (Fsp3) is 0.316. The van der Waals surface area contributed by atoms with Gasteiger partial charge in [0.15, 0.2) is 5.96 Å². The minimum Gasteiger partial charge on any atom is -0.497 e. The first-order valence-electron chi connectivity index (χ1n) is 8.25. The summed E-state index contributed by atoms with van der Waals surface area (Å²) in [6.45, 7) is 0.551. The van der Waals surface area contributed by atoms with Crippen LogP contribution in [0.1, 0.15) is 24.0 Å². The lowest BCUT2D eigenvalue weighted by Gasteiger charge is -2.08. The number of nitrogens with two attached hydrogens (primary N) is 1. The second-order valence-corrected chi connectivity index (χ2v) is 5.77. The van der Waals surface area contributed by atoms with Gasteiger partial charge in [0.2, 0.25) is 0 Å². The lowest BCUT2D eigenvalue weighted by atomic mass is 10.1. The fourth-order valence-electron chi connectivity index (χ4n) is 2.36. The first-order valence-corrected chi connectivity index (χ1v) is 8.25. The summed E-state index contributed by atoms with van der Waals surface area (Å²) in [7, 11) is 1.60. The number of unbranched alkanes of at least 4 members (excludes halogenated alkanes) is 1. The molecule has 2 aromatic rings. The van der Waals surface area contributed by atoms with Crippen LogP contribution in [0.2, 0.25) is 0 Å². The number of hydrogen-bond donors (Lipinski definition) is 2. The molecule has 0 saturated heterocycles. The van der Waals surface area contributed by atoms with E-state index in [-0.39, 0.29) is 0 Å². The standard InChI is InChI=1S/C19H22F3N3O/c1-26-17-11-9-16(10-12-17)25-18(23)24-13-3-2-4-14-5-7-15(8-6-14)19(20,21)22/h5-12H,2-4,13H2,1H3,(H3,23,24,25). The van der Waals surface area contributed by atoms with Crippen molar-refractivity contribution < 1.29 is 17.9 Å². The second-order valence-electron chi connectivity index (χ2n) is 5.77. The third kappa shape index (κ3) is 6.31. The third-order valence-electron chi connectivity index (χ3n) is 3.80.